The monoisotopic (exact) mass is 364 g/mol. The third-order valence-electron chi connectivity index (χ3n) is 4.86. The lowest BCUT2D eigenvalue weighted by atomic mass is 10.2. The molecule has 0 bridgehead atoms. The summed E-state index contributed by atoms with van der Waals surface area (Å²) in [5, 5.41) is 0. The van der Waals surface area contributed by atoms with Gasteiger partial charge in [-0.05, 0) is 36.6 Å². The largest absolute Gasteiger partial charge is 0.339 e. The van der Waals surface area contributed by atoms with Crippen LogP contribution in [0.2, 0.25) is 0 Å². The fraction of sp³-hybridized carbons (Fsp3) is 0.526. The first-order valence-electron chi connectivity index (χ1n) is 8.95. The zero-order chi connectivity index (χ0) is 18.4. The van der Waals surface area contributed by atoms with Gasteiger partial charge < -0.3 is 4.90 Å². The van der Waals surface area contributed by atoms with Crippen molar-refractivity contribution < 1.29 is 13.2 Å². The van der Waals surface area contributed by atoms with Crippen LogP contribution in [0.4, 0.5) is 0 Å². The van der Waals surface area contributed by atoms with E-state index in [1.807, 2.05) is 25.8 Å². The smallest absolute Gasteiger partial charge is 0.246 e. The summed E-state index contributed by atoms with van der Waals surface area (Å²) in [5.41, 5.74) is 0.812. The second kappa shape index (κ2) is 8.63. The van der Waals surface area contributed by atoms with Gasteiger partial charge in [0.15, 0.2) is 0 Å². The van der Waals surface area contributed by atoms with Crippen molar-refractivity contribution in [3.8, 4) is 0 Å². The van der Waals surface area contributed by atoms with Crippen molar-refractivity contribution in [2.75, 3.05) is 20.1 Å². The highest BCUT2D eigenvalue weighted by Crippen LogP contribution is 2.22. The molecule has 138 valence electrons. The molecule has 2 rings (SSSR count). The lowest BCUT2D eigenvalue weighted by Crippen LogP contribution is -2.33. The van der Waals surface area contributed by atoms with Gasteiger partial charge >= 0.3 is 0 Å². The molecule has 0 heterocycles. The quantitative estimate of drug-likeness (QED) is 0.699. The van der Waals surface area contributed by atoms with Crippen molar-refractivity contribution in [3.63, 3.8) is 0 Å². The van der Waals surface area contributed by atoms with Gasteiger partial charge in [-0.1, -0.05) is 38.8 Å². The number of carbonyl (C=O) groups excluding carboxylic acids is 1. The molecule has 0 aliphatic heterocycles. The standard InChI is InChI=1S/C19H28N2O3S/c1-4-21(5-2)25(23,24)18-13-10-16(11-14-18)12-15-19(22)20(3)17-8-6-7-9-17/h10-15,17H,4-9H2,1-3H3/b15-12+. The molecule has 0 radical (unpaired) electrons. The first-order valence-corrected chi connectivity index (χ1v) is 10.4. The second-order valence-electron chi connectivity index (χ2n) is 6.38. The Morgan fingerprint density at radius 2 is 1.68 bits per heavy atom. The van der Waals surface area contributed by atoms with E-state index in [0.717, 1.165) is 18.4 Å². The maximum absolute atomic E-state index is 12.5. The molecule has 0 unspecified atom stereocenters. The second-order valence-corrected chi connectivity index (χ2v) is 8.32. The Kier molecular flexibility index (Phi) is 6.79. The van der Waals surface area contributed by atoms with Gasteiger partial charge in [0.25, 0.3) is 0 Å². The zero-order valence-corrected chi connectivity index (χ0v) is 16.1. The summed E-state index contributed by atoms with van der Waals surface area (Å²) in [6.45, 7) is 4.54. The molecule has 0 spiro atoms. The van der Waals surface area contributed by atoms with E-state index >= 15 is 0 Å². The molecular weight excluding hydrogens is 336 g/mol. The number of hydrogen-bond acceptors (Lipinski definition) is 3. The van der Waals surface area contributed by atoms with Crippen molar-refractivity contribution >= 4 is 22.0 Å². The highest BCUT2D eigenvalue weighted by molar-refractivity contribution is 7.89. The van der Waals surface area contributed by atoms with Crippen LogP contribution < -0.4 is 0 Å². The number of amides is 1. The lowest BCUT2D eigenvalue weighted by Gasteiger charge is -2.22. The highest BCUT2D eigenvalue weighted by atomic mass is 32.2. The number of rotatable bonds is 7. The van der Waals surface area contributed by atoms with E-state index in [1.54, 1.807) is 36.4 Å². The molecule has 6 heteroatoms. The zero-order valence-electron chi connectivity index (χ0n) is 15.3. The van der Waals surface area contributed by atoms with Crippen molar-refractivity contribution in [3.05, 3.63) is 35.9 Å². The molecule has 1 aromatic carbocycles. The van der Waals surface area contributed by atoms with Gasteiger partial charge in [0.05, 0.1) is 4.90 Å². The summed E-state index contributed by atoms with van der Waals surface area (Å²) in [6.07, 6.45) is 7.83. The van der Waals surface area contributed by atoms with E-state index in [-0.39, 0.29) is 10.8 Å². The summed E-state index contributed by atoms with van der Waals surface area (Å²) in [4.78, 5) is 14.3. The van der Waals surface area contributed by atoms with Crippen molar-refractivity contribution in [1.29, 1.82) is 0 Å². The normalized spacial score (nSPS) is 16.0. The minimum absolute atomic E-state index is 0.00765. The number of hydrogen-bond donors (Lipinski definition) is 0. The Balaban J connectivity index is 2.06. The van der Waals surface area contributed by atoms with Crippen LogP contribution in [0.3, 0.4) is 0 Å². The molecule has 1 amide bonds. The van der Waals surface area contributed by atoms with Gasteiger partial charge in [0.2, 0.25) is 15.9 Å². The van der Waals surface area contributed by atoms with Crippen LogP contribution in [-0.4, -0.2) is 49.7 Å². The third kappa shape index (κ3) is 4.70. The van der Waals surface area contributed by atoms with E-state index in [1.165, 1.54) is 17.1 Å². The molecule has 1 aromatic rings. The summed E-state index contributed by atoms with van der Waals surface area (Å²) in [7, 11) is -1.59. The molecular formula is C19H28N2O3S. The maximum Gasteiger partial charge on any atom is 0.246 e. The van der Waals surface area contributed by atoms with E-state index in [2.05, 4.69) is 0 Å². The highest BCUT2D eigenvalue weighted by Gasteiger charge is 2.22. The first-order chi connectivity index (χ1) is 11.9. The Morgan fingerprint density at radius 3 is 2.20 bits per heavy atom. The fourth-order valence-electron chi connectivity index (χ4n) is 3.22. The van der Waals surface area contributed by atoms with Crippen LogP contribution in [0.25, 0.3) is 6.08 Å². The molecule has 1 fully saturated rings. The Hall–Kier alpha value is -1.66. The molecule has 0 aromatic heterocycles. The summed E-state index contributed by atoms with van der Waals surface area (Å²) >= 11 is 0. The summed E-state index contributed by atoms with van der Waals surface area (Å²) in [6, 6.07) is 7.00. The molecule has 0 atom stereocenters. The van der Waals surface area contributed by atoms with E-state index in [4.69, 9.17) is 0 Å². The molecule has 1 aliphatic carbocycles. The van der Waals surface area contributed by atoms with Crippen LogP contribution in [0.1, 0.15) is 45.1 Å². The molecule has 25 heavy (non-hydrogen) atoms. The molecule has 1 saturated carbocycles. The number of nitrogens with zero attached hydrogens (tertiary/aromatic N) is 2. The average Bonchev–Trinajstić information content (AvgIpc) is 3.14. The Bertz CT molecular complexity index is 701. The van der Waals surface area contributed by atoms with Crippen LogP contribution in [0, 0.1) is 0 Å². The minimum Gasteiger partial charge on any atom is -0.339 e. The number of sulfonamides is 1. The van der Waals surface area contributed by atoms with E-state index < -0.39 is 10.0 Å². The SMILES string of the molecule is CCN(CC)S(=O)(=O)c1ccc(/C=C/C(=O)N(C)C2CCCC2)cc1. The Labute approximate surface area is 151 Å². The first kappa shape index (κ1) is 19.7. The van der Waals surface area contributed by atoms with Crippen LogP contribution >= 0.6 is 0 Å². The summed E-state index contributed by atoms with van der Waals surface area (Å²) in [5.74, 6) is -0.00765. The average molecular weight is 365 g/mol. The maximum atomic E-state index is 12.5. The van der Waals surface area contributed by atoms with Crippen LogP contribution in [-0.2, 0) is 14.8 Å². The predicted molar refractivity (Wildman–Crippen MR) is 101 cm³/mol. The van der Waals surface area contributed by atoms with E-state index in [0.29, 0.717) is 19.1 Å². The third-order valence-corrected chi connectivity index (χ3v) is 6.93. The van der Waals surface area contributed by atoms with Crippen molar-refractivity contribution in [2.24, 2.45) is 0 Å². The van der Waals surface area contributed by atoms with Gasteiger partial charge in [-0.2, -0.15) is 4.31 Å². The van der Waals surface area contributed by atoms with Gasteiger partial charge in [-0.15, -0.1) is 0 Å². The van der Waals surface area contributed by atoms with Gasteiger partial charge in [-0.3, -0.25) is 4.79 Å². The number of benzene rings is 1. The number of carbonyl (C=O) groups is 1. The lowest BCUT2D eigenvalue weighted by molar-refractivity contribution is -0.126. The van der Waals surface area contributed by atoms with Crippen LogP contribution in [0.15, 0.2) is 35.2 Å². The van der Waals surface area contributed by atoms with Crippen molar-refractivity contribution in [1.82, 2.24) is 9.21 Å². The van der Waals surface area contributed by atoms with E-state index in [9.17, 15) is 13.2 Å². The molecule has 5 nitrogen and oxygen atoms in total. The minimum atomic E-state index is -3.44. The molecule has 1 aliphatic rings. The molecule has 0 saturated heterocycles. The van der Waals surface area contributed by atoms with Gasteiger partial charge in [-0.25, -0.2) is 8.42 Å². The van der Waals surface area contributed by atoms with Crippen LogP contribution in [0.5, 0.6) is 0 Å². The topological polar surface area (TPSA) is 57.7 Å². The fourth-order valence-corrected chi connectivity index (χ4v) is 4.68. The number of likely N-dealkylation sites (N-methyl/N-ethyl adjacent to an activating group) is 1. The predicted octanol–water partition coefficient (Wildman–Crippen LogP) is 3.13. The van der Waals surface area contributed by atoms with Gasteiger partial charge in [0, 0.05) is 32.3 Å². The van der Waals surface area contributed by atoms with Gasteiger partial charge in [0.1, 0.15) is 0 Å². The van der Waals surface area contributed by atoms with Crippen molar-refractivity contribution in [2.45, 2.75) is 50.5 Å². The Morgan fingerprint density at radius 1 is 1.12 bits per heavy atom. The summed E-state index contributed by atoms with van der Waals surface area (Å²) < 4.78 is 26.3. The molecule has 0 N–H and O–H groups in total.